The van der Waals surface area contributed by atoms with Gasteiger partial charge in [0, 0.05) is 17.5 Å². The molecule has 7 heteroatoms. The van der Waals surface area contributed by atoms with E-state index in [1.165, 1.54) is 0 Å². The van der Waals surface area contributed by atoms with Crippen LogP contribution in [-0.2, 0) is 24.8 Å². The topological polar surface area (TPSA) is 73.0 Å². The van der Waals surface area contributed by atoms with Gasteiger partial charge in [0.2, 0.25) is 5.91 Å². The zero-order valence-electron chi connectivity index (χ0n) is 13.5. The van der Waals surface area contributed by atoms with Crippen molar-refractivity contribution in [2.75, 3.05) is 0 Å². The predicted molar refractivity (Wildman–Crippen MR) is 95.3 cm³/mol. The lowest BCUT2D eigenvalue weighted by molar-refractivity contribution is -0.120. The third-order valence-electron chi connectivity index (χ3n) is 4.16. The second-order valence-corrected chi connectivity index (χ2v) is 6.24. The minimum absolute atomic E-state index is 0.135. The van der Waals surface area contributed by atoms with Crippen molar-refractivity contribution in [1.29, 1.82) is 0 Å². The molecule has 2 heterocycles. The molecule has 0 radical (unpaired) electrons. The third kappa shape index (κ3) is 2.96. The van der Waals surface area contributed by atoms with E-state index in [0.717, 1.165) is 22.2 Å². The molecular weight excluding hydrogens is 340 g/mol. The Morgan fingerprint density at radius 2 is 2.12 bits per heavy atom. The van der Waals surface area contributed by atoms with Crippen molar-refractivity contribution < 1.29 is 9.32 Å². The lowest BCUT2D eigenvalue weighted by atomic mass is 10.1. The van der Waals surface area contributed by atoms with E-state index in [4.69, 9.17) is 16.1 Å². The van der Waals surface area contributed by atoms with E-state index in [1.807, 2.05) is 54.1 Å². The average Bonchev–Trinajstić information content (AvgIpc) is 3.14. The number of para-hydroxylation sites is 1. The first kappa shape index (κ1) is 15.7. The van der Waals surface area contributed by atoms with Crippen LogP contribution in [0.5, 0.6) is 0 Å². The van der Waals surface area contributed by atoms with Gasteiger partial charge in [-0.3, -0.25) is 4.79 Å². The van der Waals surface area contributed by atoms with Gasteiger partial charge in [-0.15, -0.1) is 0 Å². The van der Waals surface area contributed by atoms with Crippen molar-refractivity contribution in [3.05, 3.63) is 59.0 Å². The van der Waals surface area contributed by atoms with Crippen LogP contribution in [0.4, 0.5) is 0 Å². The van der Waals surface area contributed by atoms with Crippen LogP contribution in [0.15, 0.2) is 47.0 Å². The van der Waals surface area contributed by atoms with Crippen molar-refractivity contribution in [3.63, 3.8) is 0 Å². The van der Waals surface area contributed by atoms with Gasteiger partial charge in [0.1, 0.15) is 11.5 Å². The van der Waals surface area contributed by atoms with E-state index in [2.05, 4.69) is 15.5 Å². The van der Waals surface area contributed by atoms with Gasteiger partial charge in [0.05, 0.1) is 24.0 Å². The highest BCUT2D eigenvalue weighted by Gasteiger charge is 2.13. The lowest BCUT2D eigenvalue weighted by Crippen LogP contribution is -2.26. The van der Waals surface area contributed by atoms with Gasteiger partial charge in [-0.1, -0.05) is 28.9 Å². The maximum atomic E-state index is 12.3. The summed E-state index contributed by atoms with van der Waals surface area (Å²) in [7, 11) is 1.91. The molecule has 0 aliphatic heterocycles. The molecule has 2 aromatic carbocycles. The zero-order chi connectivity index (χ0) is 17.4. The Balaban J connectivity index is 1.48. The van der Waals surface area contributed by atoms with Gasteiger partial charge in [0.15, 0.2) is 5.58 Å². The number of carbonyl (C=O) groups is 1. The molecule has 0 saturated carbocycles. The van der Waals surface area contributed by atoms with Gasteiger partial charge in [-0.05, 0) is 30.3 Å². The molecule has 0 unspecified atom stereocenters. The van der Waals surface area contributed by atoms with Crippen LogP contribution in [-0.4, -0.2) is 20.6 Å². The molecule has 25 heavy (non-hydrogen) atoms. The molecule has 126 valence electrons. The number of rotatable bonds is 4. The summed E-state index contributed by atoms with van der Waals surface area (Å²) in [6, 6.07) is 13.0. The molecule has 0 bridgehead atoms. The minimum Gasteiger partial charge on any atom is -0.356 e. The molecule has 4 aromatic rings. The van der Waals surface area contributed by atoms with Gasteiger partial charge in [0.25, 0.3) is 0 Å². The number of halogens is 1. The highest BCUT2D eigenvalue weighted by molar-refractivity contribution is 6.31. The summed E-state index contributed by atoms with van der Waals surface area (Å²) >= 11 is 6.00. The number of nitrogens with one attached hydrogen (secondary N) is 1. The summed E-state index contributed by atoms with van der Waals surface area (Å²) in [4.78, 5) is 16.8. The summed E-state index contributed by atoms with van der Waals surface area (Å²) in [6.07, 6.45) is 0.160. The number of hydrogen-bond donors (Lipinski definition) is 1. The van der Waals surface area contributed by atoms with Crippen molar-refractivity contribution in [2.45, 2.75) is 13.0 Å². The van der Waals surface area contributed by atoms with E-state index in [0.29, 0.717) is 22.8 Å². The van der Waals surface area contributed by atoms with Crippen molar-refractivity contribution in [1.82, 2.24) is 20.0 Å². The molecule has 0 aliphatic carbocycles. The van der Waals surface area contributed by atoms with Gasteiger partial charge < -0.3 is 14.4 Å². The van der Waals surface area contributed by atoms with Crippen molar-refractivity contribution in [2.24, 2.45) is 7.05 Å². The summed E-state index contributed by atoms with van der Waals surface area (Å²) < 4.78 is 7.17. The summed E-state index contributed by atoms with van der Waals surface area (Å²) in [5.74, 6) is 0.625. The molecule has 0 aliphatic rings. The number of amides is 1. The normalized spacial score (nSPS) is 11.3. The van der Waals surface area contributed by atoms with E-state index < -0.39 is 0 Å². The van der Waals surface area contributed by atoms with Crippen LogP contribution in [0.25, 0.3) is 22.0 Å². The summed E-state index contributed by atoms with van der Waals surface area (Å²) in [6.45, 7) is 0.331. The highest BCUT2D eigenvalue weighted by atomic mass is 35.5. The zero-order valence-corrected chi connectivity index (χ0v) is 14.2. The average molecular weight is 355 g/mol. The SMILES string of the molecule is Cn1c(CNC(=O)Cc2noc3ccccc23)nc2cc(Cl)ccc21. The van der Waals surface area contributed by atoms with E-state index in [9.17, 15) is 4.79 Å². The maximum absolute atomic E-state index is 12.3. The lowest BCUT2D eigenvalue weighted by Gasteiger charge is -2.04. The number of aryl methyl sites for hydroxylation is 1. The molecule has 1 N–H and O–H groups in total. The molecule has 0 saturated heterocycles. The number of carbonyl (C=O) groups excluding carboxylic acids is 1. The number of benzene rings is 2. The molecule has 0 fully saturated rings. The van der Waals surface area contributed by atoms with Gasteiger partial charge >= 0.3 is 0 Å². The Labute approximate surface area is 148 Å². The first-order chi connectivity index (χ1) is 12.1. The smallest absolute Gasteiger partial charge is 0.226 e. The molecule has 0 atom stereocenters. The molecule has 0 spiro atoms. The Bertz CT molecular complexity index is 1080. The van der Waals surface area contributed by atoms with Crippen LogP contribution >= 0.6 is 11.6 Å². The second kappa shape index (κ2) is 6.22. The first-order valence-corrected chi connectivity index (χ1v) is 8.20. The fourth-order valence-corrected chi connectivity index (χ4v) is 3.01. The Hall–Kier alpha value is -2.86. The van der Waals surface area contributed by atoms with Crippen molar-refractivity contribution in [3.8, 4) is 0 Å². The standard InChI is InChI=1S/C18H15ClN4O2/c1-23-15-7-6-11(19)8-14(15)21-17(23)10-20-18(24)9-13-12-4-2-3-5-16(12)25-22-13/h2-8H,9-10H2,1H3,(H,20,24). The predicted octanol–water partition coefficient (Wildman–Crippen LogP) is 3.23. The molecule has 1 amide bonds. The van der Waals surface area contributed by atoms with Crippen LogP contribution in [0.3, 0.4) is 0 Å². The fraction of sp³-hybridized carbons (Fsp3) is 0.167. The van der Waals surface area contributed by atoms with E-state index in [1.54, 1.807) is 0 Å². The van der Waals surface area contributed by atoms with Crippen LogP contribution < -0.4 is 5.32 Å². The summed E-state index contributed by atoms with van der Waals surface area (Å²) in [5, 5.41) is 8.36. The van der Waals surface area contributed by atoms with Gasteiger partial charge in [-0.2, -0.15) is 0 Å². The van der Waals surface area contributed by atoms with Gasteiger partial charge in [-0.25, -0.2) is 4.98 Å². The molecule has 6 nitrogen and oxygen atoms in total. The Morgan fingerprint density at radius 1 is 1.28 bits per heavy atom. The van der Waals surface area contributed by atoms with E-state index in [-0.39, 0.29) is 12.3 Å². The maximum Gasteiger partial charge on any atom is 0.226 e. The van der Waals surface area contributed by atoms with Crippen LogP contribution in [0.1, 0.15) is 11.5 Å². The minimum atomic E-state index is -0.135. The van der Waals surface area contributed by atoms with Crippen LogP contribution in [0, 0.1) is 0 Å². The Kier molecular flexibility index (Phi) is 3.89. The van der Waals surface area contributed by atoms with E-state index >= 15 is 0 Å². The van der Waals surface area contributed by atoms with Crippen molar-refractivity contribution >= 4 is 39.5 Å². The number of fused-ring (bicyclic) bond motifs is 2. The highest BCUT2D eigenvalue weighted by Crippen LogP contribution is 2.20. The second-order valence-electron chi connectivity index (χ2n) is 5.80. The summed E-state index contributed by atoms with van der Waals surface area (Å²) in [5.41, 5.74) is 3.08. The molecule has 4 rings (SSSR count). The Morgan fingerprint density at radius 3 is 3.00 bits per heavy atom. The largest absolute Gasteiger partial charge is 0.356 e. The monoisotopic (exact) mass is 354 g/mol. The molecular formula is C18H15ClN4O2. The number of aromatic nitrogens is 3. The number of nitrogens with zero attached hydrogens (tertiary/aromatic N) is 3. The van der Waals surface area contributed by atoms with Crippen LogP contribution in [0.2, 0.25) is 5.02 Å². The fourth-order valence-electron chi connectivity index (χ4n) is 2.84. The number of hydrogen-bond acceptors (Lipinski definition) is 4. The quantitative estimate of drug-likeness (QED) is 0.610. The number of imidazole rings is 1. The first-order valence-electron chi connectivity index (χ1n) is 7.82. The molecule has 2 aromatic heterocycles. The third-order valence-corrected chi connectivity index (χ3v) is 4.39.